The number of Topliss-reactive ketones (excluding diaryl/α,β-unsaturated/α-hetero) is 1. The Balaban J connectivity index is 2.14. The molecule has 0 bridgehead atoms. The van der Waals surface area contributed by atoms with Gasteiger partial charge in [0.25, 0.3) is 0 Å². The van der Waals surface area contributed by atoms with Crippen LogP contribution in [0.4, 0.5) is 0 Å². The molecule has 1 unspecified atom stereocenters. The van der Waals surface area contributed by atoms with Gasteiger partial charge in [-0.1, -0.05) is 0 Å². The molecule has 6 heteroatoms. The smallest absolute Gasteiger partial charge is 0.176 e. The average Bonchev–Trinajstić information content (AvgIpc) is 2.97. The van der Waals surface area contributed by atoms with Crippen LogP contribution >= 0.6 is 0 Å². The average molecular weight is 230 g/mol. The van der Waals surface area contributed by atoms with Crippen molar-refractivity contribution >= 4 is 5.78 Å². The van der Waals surface area contributed by atoms with E-state index in [0.29, 0.717) is 13.2 Å². The second-order valence-corrected chi connectivity index (χ2v) is 3.82. The lowest BCUT2D eigenvalue weighted by atomic mass is 10.0. The first-order chi connectivity index (χ1) is 8.26. The fourth-order valence-corrected chi connectivity index (χ4v) is 1.79. The molecule has 17 heavy (non-hydrogen) atoms. The van der Waals surface area contributed by atoms with E-state index in [0.717, 1.165) is 6.42 Å². The number of hydrogen-bond acceptors (Lipinski definition) is 5. The van der Waals surface area contributed by atoms with Gasteiger partial charge in [-0.3, -0.25) is 4.79 Å². The molecule has 6 nitrogen and oxygen atoms in total. The molecule has 1 aromatic rings. The minimum atomic E-state index is -0.102. The first-order valence-electron chi connectivity index (χ1n) is 5.22. The summed E-state index contributed by atoms with van der Waals surface area (Å²) in [7, 11) is 0. The normalized spacial score (nSPS) is 18.6. The fourth-order valence-electron chi connectivity index (χ4n) is 1.79. The molecule has 2 rings (SSSR count). The highest BCUT2D eigenvalue weighted by Gasteiger charge is 2.24. The number of nitriles is 2. The summed E-state index contributed by atoms with van der Waals surface area (Å²) in [6.07, 6.45) is 2.07. The molecule has 1 aromatic heterocycles. The van der Waals surface area contributed by atoms with Gasteiger partial charge in [-0.2, -0.15) is 10.5 Å². The maximum absolute atomic E-state index is 11.9. The largest absolute Gasteiger partial charge is 0.381 e. The topological polar surface area (TPSA) is 91.7 Å². The number of carbonyl (C=O) groups excluding carboxylic acids is 1. The van der Waals surface area contributed by atoms with Gasteiger partial charge in [-0.05, 0) is 6.42 Å². The number of aromatic nitrogens is 2. The van der Waals surface area contributed by atoms with E-state index in [9.17, 15) is 4.79 Å². The first kappa shape index (κ1) is 11.3. The quantitative estimate of drug-likeness (QED) is 0.741. The summed E-state index contributed by atoms with van der Waals surface area (Å²) in [5, 5.41) is 17.6. The zero-order valence-electron chi connectivity index (χ0n) is 9.09. The molecule has 2 heterocycles. The van der Waals surface area contributed by atoms with E-state index < -0.39 is 0 Å². The summed E-state index contributed by atoms with van der Waals surface area (Å²) in [6.45, 7) is 1.13. The molecule has 0 radical (unpaired) electrons. The second kappa shape index (κ2) is 4.77. The SMILES string of the molecule is N#Cc1ncn(CC(=O)C2CCOC2)c1C#N. The van der Waals surface area contributed by atoms with E-state index in [1.165, 1.54) is 10.9 Å². The maximum atomic E-state index is 11.9. The van der Waals surface area contributed by atoms with Crippen LogP contribution < -0.4 is 0 Å². The Labute approximate surface area is 98.0 Å². The van der Waals surface area contributed by atoms with Gasteiger partial charge in [0.2, 0.25) is 0 Å². The van der Waals surface area contributed by atoms with Gasteiger partial charge in [0, 0.05) is 12.5 Å². The highest BCUT2D eigenvalue weighted by Crippen LogP contribution is 2.15. The molecule has 0 aromatic carbocycles. The van der Waals surface area contributed by atoms with Gasteiger partial charge < -0.3 is 9.30 Å². The zero-order chi connectivity index (χ0) is 12.3. The zero-order valence-corrected chi connectivity index (χ0v) is 9.09. The van der Waals surface area contributed by atoms with Gasteiger partial charge in [-0.25, -0.2) is 4.98 Å². The number of nitrogens with zero attached hydrogens (tertiary/aromatic N) is 4. The lowest BCUT2D eigenvalue weighted by molar-refractivity contribution is -0.123. The van der Waals surface area contributed by atoms with Crippen LogP contribution in [0.1, 0.15) is 17.8 Å². The first-order valence-corrected chi connectivity index (χ1v) is 5.22. The van der Waals surface area contributed by atoms with Crippen LogP contribution in [0.3, 0.4) is 0 Å². The highest BCUT2D eigenvalue weighted by atomic mass is 16.5. The third-order valence-corrected chi connectivity index (χ3v) is 2.76. The molecule has 1 aliphatic heterocycles. The third kappa shape index (κ3) is 2.17. The minimum Gasteiger partial charge on any atom is -0.381 e. The Kier molecular flexibility index (Phi) is 3.17. The van der Waals surface area contributed by atoms with E-state index in [4.69, 9.17) is 15.3 Å². The summed E-state index contributed by atoms with van der Waals surface area (Å²) in [5.74, 6) is -0.0876. The Hall–Kier alpha value is -2.18. The second-order valence-electron chi connectivity index (χ2n) is 3.82. The summed E-state index contributed by atoms with van der Waals surface area (Å²) < 4.78 is 6.55. The molecule has 0 saturated carbocycles. The van der Waals surface area contributed by atoms with Crippen LogP contribution in [0.2, 0.25) is 0 Å². The van der Waals surface area contributed by atoms with Crippen molar-refractivity contribution in [1.82, 2.24) is 9.55 Å². The predicted octanol–water partition coefficient (Wildman–Crippen LogP) is 0.232. The lowest BCUT2D eigenvalue weighted by Gasteiger charge is -2.07. The van der Waals surface area contributed by atoms with Gasteiger partial charge in [-0.15, -0.1) is 0 Å². The molecular weight excluding hydrogens is 220 g/mol. The standard InChI is InChI=1S/C11H10N4O2/c12-3-9-10(4-13)15(7-14-9)5-11(16)8-1-2-17-6-8/h7-8H,1-2,5-6H2. The van der Waals surface area contributed by atoms with E-state index in [-0.39, 0.29) is 29.6 Å². The van der Waals surface area contributed by atoms with Crippen LogP contribution in [0.5, 0.6) is 0 Å². The van der Waals surface area contributed by atoms with Gasteiger partial charge >= 0.3 is 0 Å². The molecule has 86 valence electrons. The molecule has 1 fully saturated rings. The summed E-state index contributed by atoms with van der Waals surface area (Å²) in [6, 6.07) is 3.70. The van der Waals surface area contributed by atoms with E-state index in [1.807, 2.05) is 12.1 Å². The Morgan fingerprint density at radius 3 is 3.00 bits per heavy atom. The molecule has 0 aliphatic carbocycles. The summed E-state index contributed by atoms with van der Waals surface area (Å²) in [4.78, 5) is 15.6. The van der Waals surface area contributed by atoms with Crippen LogP contribution in [0.15, 0.2) is 6.33 Å². The van der Waals surface area contributed by atoms with Crippen molar-refractivity contribution in [3.63, 3.8) is 0 Å². The number of rotatable bonds is 3. The van der Waals surface area contributed by atoms with Crippen molar-refractivity contribution < 1.29 is 9.53 Å². The number of ether oxygens (including phenoxy) is 1. The van der Waals surface area contributed by atoms with Crippen molar-refractivity contribution in [2.75, 3.05) is 13.2 Å². The Morgan fingerprint density at radius 2 is 2.41 bits per heavy atom. The lowest BCUT2D eigenvalue weighted by Crippen LogP contribution is -2.20. The highest BCUT2D eigenvalue weighted by molar-refractivity contribution is 5.81. The van der Waals surface area contributed by atoms with Crippen molar-refractivity contribution in [2.45, 2.75) is 13.0 Å². The Morgan fingerprint density at radius 1 is 1.59 bits per heavy atom. The predicted molar refractivity (Wildman–Crippen MR) is 55.6 cm³/mol. The number of carbonyl (C=O) groups is 1. The molecule has 1 aliphatic rings. The van der Waals surface area contributed by atoms with Crippen LogP contribution in [0, 0.1) is 28.6 Å². The third-order valence-electron chi connectivity index (χ3n) is 2.76. The molecule has 0 N–H and O–H groups in total. The van der Waals surface area contributed by atoms with Crippen molar-refractivity contribution in [1.29, 1.82) is 10.5 Å². The summed E-state index contributed by atoms with van der Waals surface area (Å²) in [5.41, 5.74) is 0.197. The van der Waals surface area contributed by atoms with Crippen LogP contribution in [0.25, 0.3) is 0 Å². The number of hydrogen-bond donors (Lipinski definition) is 0. The molecule has 0 spiro atoms. The molecular formula is C11H10N4O2. The van der Waals surface area contributed by atoms with Crippen LogP contribution in [-0.4, -0.2) is 28.5 Å². The van der Waals surface area contributed by atoms with Crippen molar-refractivity contribution in [2.24, 2.45) is 5.92 Å². The van der Waals surface area contributed by atoms with Gasteiger partial charge in [0.05, 0.1) is 19.5 Å². The van der Waals surface area contributed by atoms with E-state index in [1.54, 1.807) is 0 Å². The molecule has 1 atom stereocenters. The van der Waals surface area contributed by atoms with Crippen molar-refractivity contribution in [3.8, 4) is 12.1 Å². The molecule has 1 saturated heterocycles. The summed E-state index contributed by atoms with van der Waals surface area (Å²) >= 11 is 0. The number of imidazole rings is 1. The maximum Gasteiger partial charge on any atom is 0.176 e. The van der Waals surface area contributed by atoms with Gasteiger partial charge in [0.15, 0.2) is 17.2 Å². The van der Waals surface area contributed by atoms with Crippen LogP contribution in [-0.2, 0) is 16.1 Å². The molecule has 0 amide bonds. The monoisotopic (exact) mass is 230 g/mol. The van der Waals surface area contributed by atoms with E-state index in [2.05, 4.69) is 4.98 Å². The number of ketones is 1. The van der Waals surface area contributed by atoms with Gasteiger partial charge in [0.1, 0.15) is 12.1 Å². The fraction of sp³-hybridized carbons (Fsp3) is 0.455. The Bertz CT molecular complexity index is 515. The van der Waals surface area contributed by atoms with E-state index >= 15 is 0 Å². The van der Waals surface area contributed by atoms with Crippen molar-refractivity contribution in [3.05, 3.63) is 17.7 Å². The minimum absolute atomic E-state index is 0.0147.